The van der Waals surface area contributed by atoms with E-state index in [1.54, 1.807) is 9.47 Å². The van der Waals surface area contributed by atoms with E-state index in [4.69, 9.17) is 11.6 Å². The molecule has 0 saturated carbocycles. The first-order valence-corrected chi connectivity index (χ1v) is 9.68. The number of benzene rings is 1. The number of carbonyl (C=O) groups is 1. The second-order valence-electron chi connectivity index (χ2n) is 6.26. The van der Waals surface area contributed by atoms with Crippen molar-refractivity contribution < 1.29 is 9.18 Å². The number of likely N-dealkylation sites (tertiary alicyclic amines) is 1. The van der Waals surface area contributed by atoms with Crippen LogP contribution in [0.15, 0.2) is 36.5 Å². The van der Waals surface area contributed by atoms with E-state index in [2.05, 4.69) is 32.8 Å². The second kappa shape index (κ2) is 7.11. The molecule has 0 N–H and O–H groups in total. The molecule has 1 aliphatic rings. The fourth-order valence-electron chi connectivity index (χ4n) is 3.17. The predicted molar refractivity (Wildman–Crippen MR) is 107 cm³/mol. The van der Waals surface area contributed by atoms with E-state index >= 15 is 0 Å². The lowest BCUT2D eigenvalue weighted by atomic mass is 10.1. The molecular formula is C18H15ClFIN4O. The zero-order valence-corrected chi connectivity index (χ0v) is 16.6. The highest BCUT2D eigenvalue weighted by Gasteiger charge is 2.27. The summed E-state index contributed by atoms with van der Waals surface area (Å²) in [5.41, 5.74) is 2.06. The van der Waals surface area contributed by atoms with Gasteiger partial charge in [-0.15, -0.1) is 10.2 Å². The van der Waals surface area contributed by atoms with Gasteiger partial charge in [-0.1, -0.05) is 41.9 Å². The molecule has 3 aromatic rings. The Morgan fingerprint density at radius 3 is 2.77 bits per heavy atom. The number of hydrogen-bond acceptors (Lipinski definition) is 3. The highest BCUT2D eigenvalue weighted by molar-refractivity contribution is 14.1. The molecule has 8 heteroatoms. The van der Waals surface area contributed by atoms with Crippen molar-refractivity contribution in [2.45, 2.75) is 19.1 Å². The van der Waals surface area contributed by atoms with E-state index in [-0.39, 0.29) is 19.0 Å². The lowest BCUT2D eigenvalue weighted by molar-refractivity contribution is -0.130. The van der Waals surface area contributed by atoms with Crippen LogP contribution in [0.25, 0.3) is 22.3 Å². The lowest BCUT2D eigenvalue weighted by Gasteiger charge is -2.15. The molecule has 1 saturated heterocycles. The lowest BCUT2D eigenvalue weighted by Crippen LogP contribution is -2.32. The number of hydrogen-bond donors (Lipinski definition) is 0. The minimum atomic E-state index is -0.928. The third-order valence-corrected chi connectivity index (χ3v) is 5.70. The molecular weight excluding hydrogens is 470 g/mol. The standard InChI is InChI=1S/C18H15ClFIN4O/c19-16-15-13(21)9-25(10-14(26)24-7-6-12(20)8-24)18(15)23-22-17(16)11-4-2-1-3-5-11/h1-5,9,12H,6-8,10H2/t12-/m1/s1. The molecule has 5 nitrogen and oxygen atoms in total. The van der Waals surface area contributed by atoms with Crippen LogP contribution in [0.2, 0.25) is 5.02 Å². The Kier molecular flexibility index (Phi) is 4.83. The zero-order valence-electron chi connectivity index (χ0n) is 13.7. The van der Waals surface area contributed by atoms with Gasteiger partial charge in [-0.2, -0.15) is 0 Å². The average molecular weight is 485 g/mol. The van der Waals surface area contributed by atoms with Crippen molar-refractivity contribution in [3.05, 3.63) is 45.1 Å². The summed E-state index contributed by atoms with van der Waals surface area (Å²) in [6.07, 6.45) is 1.31. The van der Waals surface area contributed by atoms with Gasteiger partial charge in [0.25, 0.3) is 0 Å². The minimum absolute atomic E-state index is 0.0991. The SMILES string of the molecule is O=C(Cn1cc(I)c2c(Cl)c(-c3ccccc3)nnc21)N1CC[C@@H](F)C1. The van der Waals surface area contributed by atoms with E-state index in [1.165, 1.54) is 0 Å². The van der Waals surface area contributed by atoms with Crippen LogP contribution in [0.5, 0.6) is 0 Å². The highest BCUT2D eigenvalue weighted by Crippen LogP contribution is 2.34. The van der Waals surface area contributed by atoms with Gasteiger partial charge >= 0.3 is 0 Å². The molecule has 0 unspecified atom stereocenters. The summed E-state index contributed by atoms with van der Waals surface area (Å²) in [6.45, 7) is 0.725. The van der Waals surface area contributed by atoms with Crippen molar-refractivity contribution in [3.8, 4) is 11.3 Å². The van der Waals surface area contributed by atoms with Crippen LogP contribution in [0.4, 0.5) is 4.39 Å². The van der Waals surface area contributed by atoms with E-state index in [0.29, 0.717) is 29.3 Å². The van der Waals surface area contributed by atoms with Crippen LogP contribution in [-0.4, -0.2) is 44.8 Å². The van der Waals surface area contributed by atoms with E-state index < -0.39 is 6.17 Å². The summed E-state index contributed by atoms with van der Waals surface area (Å²) >= 11 is 8.79. The number of alkyl halides is 1. The van der Waals surface area contributed by atoms with Gasteiger partial charge in [0.05, 0.1) is 17.0 Å². The van der Waals surface area contributed by atoms with Crippen LogP contribution < -0.4 is 0 Å². The number of aromatic nitrogens is 3. The number of rotatable bonds is 3. The van der Waals surface area contributed by atoms with Gasteiger partial charge in [-0.05, 0) is 29.0 Å². The van der Waals surface area contributed by atoms with Crippen molar-refractivity contribution in [2.75, 3.05) is 13.1 Å². The Hall–Kier alpha value is -1.74. The Bertz CT molecular complexity index is 978. The fraction of sp³-hybridized carbons (Fsp3) is 0.278. The maximum atomic E-state index is 13.3. The maximum absolute atomic E-state index is 13.3. The smallest absolute Gasteiger partial charge is 0.242 e. The number of amides is 1. The molecule has 1 amide bonds. The molecule has 4 rings (SSSR count). The second-order valence-corrected chi connectivity index (χ2v) is 7.80. The maximum Gasteiger partial charge on any atom is 0.242 e. The van der Waals surface area contributed by atoms with Crippen molar-refractivity contribution in [3.63, 3.8) is 0 Å². The summed E-state index contributed by atoms with van der Waals surface area (Å²) in [5, 5.41) is 9.88. The molecule has 134 valence electrons. The van der Waals surface area contributed by atoms with E-state index in [1.807, 2.05) is 36.5 Å². The third kappa shape index (κ3) is 3.18. The van der Waals surface area contributed by atoms with E-state index in [0.717, 1.165) is 14.5 Å². The number of halogens is 3. The Balaban J connectivity index is 1.70. The van der Waals surface area contributed by atoms with Crippen molar-refractivity contribution in [1.82, 2.24) is 19.7 Å². The molecule has 1 fully saturated rings. The highest BCUT2D eigenvalue weighted by atomic mass is 127. The van der Waals surface area contributed by atoms with Crippen LogP contribution in [0, 0.1) is 3.57 Å². The van der Waals surface area contributed by atoms with E-state index in [9.17, 15) is 9.18 Å². The first-order valence-electron chi connectivity index (χ1n) is 8.22. The normalized spacial score (nSPS) is 17.2. The topological polar surface area (TPSA) is 51.0 Å². The number of fused-ring (bicyclic) bond motifs is 1. The molecule has 1 atom stereocenters. The molecule has 1 aliphatic heterocycles. The zero-order chi connectivity index (χ0) is 18.3. The van der Waals surface area contributed by atoms with Crippen molar-refractivity contribution in [2.24, 2.45) is 0 Å². The molecule has 3 heterocycles. The van der Waals surface area contributed by atoms with Crippen molar-refractivity contribution >= 4 is 51.1 Å². The first kappa shape index (κ1) is 17.7. The Morgan fingerprint density at radius 1 is 1.31 bits per heavy atom. The fourth-order valence-corrected chi connectivity index (χ4v) is 4.51. The van der Waals surface area contributed by atoms with Gasteiger partial charge in [0.1, 0.15) is 18.4 Å². The summed E-state index contributed by atoms with van der Waals surface area (Å²) in [4.78, 5) is 14.0. The molecule has 0 spiro atoms. The van der Waals surface area contributed by atoms with Crippen LogP contribution in [0.3, 0.4) is 0 Å². The molecule has 0 bridgehead atoms. The van der Waals surface area contributed by atoms with Crippen LogP contribution in [0.1, 0.15) is 6.42 Å². The van der Waals surface area contributed by atoms with Gasteiger partial charge in [0.2, 0.25) is 5.91 Å². The quantitative estimate of drug-likeness (QED) is 0.530. The monoisotopic (exact) mass is 484 g/mol. The average Bonchev–Trinajstić information content (AvgIpc) is 3.20. The minimum Gasteiger partial charge on any atom is -0.338 e. The molecule has 26 heavy (non-hydrogen) atoms. The summed E-state index contributed by atoms with van der Waals surface area (Å²) in [6, 6.07) is 9.61. The van der Waals surface area contributed by atoms with Gasteiger partial charge in [-0.3, -0.25) is 4.79 Å². The molecule has 2 aromatic heterocycles. The first-order chi connectivity index (χ1) is 12.5. The summed E-state index contributed by atoms with van der Waals surface area (Å²) < 4.78 is 16.0. The van der Waals surface area contributed by atoms with Crippen molar-refractivity contribution in [1.29, 1.82) is 0 Å². The molecule has 1 aromatic carbocycles. The van der Waals surface area contributed by atoms with Crippen LogP contribution in [-0.2, 0) is 11.3 Å². The largest absolute Gasteiger partial charge is 0.338 e. The summed E-state index contributed by atoms with van der Waals surface area (Å²) in [7, 11) is 0. The van der Waals surface area contributed by atoms with Gasteiger partial charge in [0, 0.05) is 21.9 Å². The molecule has 0 radical (unpaired) electrons. The van der Waals surface area contributed by atoms with Crippen LogP contribution >= 0.6 is 34.2 Å². The van der Waals surface area contributed by atoms with Gasteiger partial charge in [-0.25, -0.2) is 4.39 Å². The third-order valence-electron chi connectivity index (χ3n) is 4.51. The number of carbonyl (C=O) groups excluding carboxylic acids is 1. The van der Waals surface area contributed by atoms with Gasteiger partial charge < -0.3 is 9.47 Å². The number of nitrogens with zero attached hydrogens (tertiary/aromatic N) is 4. The Labute approximate surface area is 168 Å². The Morgan fingerprint density at radius 2 is 2.08 bits per heavy atom. The van der Waals surface area contributed by atoms with Gasteiger partial charge in [0.15, 0.2) is 5.65 Å². The summed E-state index contributed by atoms with van der Waals surface area (Å²) in [5.74, 6) is -0.122. The molecule has 0 aliphatic carbocycles. The predicted octanol–water partition coefficient (Wildman–Crippen LogP) is 3.93.